The van der Waals surface area contributed by atoms with Crippen LogP contribution in [0.2, 0.25) is 10.0 Å². The summed E-state index contributed by atoms with van der Waals surface area (Å²) in [5, 5.41) is 1.04. The molecule has 0 aliphatic carbocycles. The Morgan fingerprint density at radius 2 is 1.95 bits per heavy atom. The van der Waals surface area contributed by atoms with Crippen molar-refractivity contribution >= 4 is 29.1 Å². The van der Waals surface area contributed by atoms with Crippen LogP contribution in [0.3, 0.4) is 0 Å². The number of likely N-dealkylation sites (N-methyl/N-ethyl adjacent to an activating group) is 1. The second-order valence-corrected chi connectivity index (χ2v) is 5.23. The molecule has 1 aromatic heterocycles. The Bertz CT molecular complexity index is 617. The second kappa shape index (κ2) is 7.29. The minimum absolute atomic E-state index is 0.187. The minimum atomic E-state index is -0.187. The van der Waals surface area contributed by atoms with Gasteiger partial charge in [0, 0.05) is 24.5 Å². The average Bonchev–Trinajstić information content (AvgIpc) is 2.49. The largest absolute Gasteiger partial charge is 0.492 e. The first-order chi connectivity index (χ1) is 10.1. The molecule has 0 unspecified atom stereocenters. The lowest BCUT2D eigenvalue weighted by Crippen LogP contribution is -2.31. The molecule has 2 aromatic rings. The molecule has 0 saturated heterocycles. The third kappa shape index (κ3) is 4.34. The van der Waals surface area contributed by atoms with E-state index in [1.807, 2.05) is 0 Å². The molecule has 0 radical (unpaired) electrons. The van der Waals surface area contributed by atoms with Crippen molar-refractivity contribution in [2.24, 2.45) is 0 Å². The van der Waals surface area contributed by atoms with Gasteiger partial charge in [-0.15, -0.1) is 0 Å². The van der Waals surface area contributed by atoms with E-state index in [1.165, 1.54) is 6.20 Å². The monoisotopic (exact) mass is 324 g/mol. The first kappa shape index (κ1) is 15.6. The fourth-order valence-electron chi connectivity index (χ4n) is 1.67. The molecule has 4 nitrogen and oxygen atoms in total. The summed E-state index contributed by atoms with van der Waals surface area (Å²) in [6.07, 6.45) is 3.00. The van der Waals surface area contributed by atoms with Gasteiger partial charge in [-0.1, -0.05) is 23.2 Å². The van der Waals surface area contributed by atoms with Gasteiger partial charge in [0.1, 0.15) is 12.4 Å². The van der Waals surface area contributed by atoms with Gasteiger partial charge in [-0.2, -0.15) is 0 Å². The van der Waals surface area contributed by atoms with Crippen molar-refractivity contribution in [1.82, 2.24) is 9.88 Å². The van der Waals surface area contributed by atoms with Crippen LogP contribution in [-0.4, -0.2) is 36.0 Å². The molecule has 0 bridgehead atoms. The molecule has 0 atom stereocenters. The van der Waals surface area contributed by atoms with E-state index in [0.29, 0.717) is 34.5 Å². The Morgan fingerprint density at radius 1 is 1.24 bits per heavy atom. The summed E-state index contributed by atoms with van der Waals surface area (Å²) >= 11 is 11.8. The number of carbonyl (C=O) groups is 1. The lowest BCUT2D eigenvalue weighted by molar-refractivity contribution is 0.0773. The van der Waals surface area contributed by atoms with Crippen LogP contribution in [0.25, 0.3) is 0 Å². The van der Waals surface area contributed by atoms with Crippen LogP contribution >= 0.6 is 23.2 Å². The maximum absolute atomic E-state index is 12.2. The van der Waals surface area contributed by atoms with Gasteiger partial charge in [0.2, 0.25) is 0 Å². The van der Waals surface area contributed by atoms with Crippen molar-refractivity contribution in [1.29, 1.82) is 0 Å². The van der Waals surface area contributed by atoms with Crippen molar-refractivity contribution < 1.29 is 9.53 Å². The number of rotatable bonds is 5. The number of nitrogens with zero attached hydrogens (tertiary/aromatic N) is 2. The standard InChI is InChI=1S/C15H14Cl2N2O2/c1-19(15(20)13-10-18-7-6-14(13)17)8-9-21-12-4-2-11(16)3-5-12/h2-7,10H,8-9H2,1H3. The van der Waals surface area contributed by atoms with E-state index in [4.69, 9.17) is 27.9 Å². The van der Waals surface area contributed by atoms with Crippen LogP contribution < -0.4 is 4.74 Å². The highest BCUT2D eigenvalue weighted by atomic mass is 35.5. The maximum Gasteiger partial charge on any atom is 0.256 e. The summed E-state index contributed by atoms with van der Waals surface area (Å²) < 4.78 is 5.55. The van der Waals surface area contributed by atoms with E-state index in [2.05, 4.69) is 4.98 Å². The molecule has 6 heteroatoms. The summed E-state index contributed by atoms with van der Waals surface area (Å²) in [6, 6.07) is 8.65. The maximum atomic E-state index is 12.2. The summed E-state index contributed by atoms with van der Waals surface area (Å²) in [5.41, 5.74) is 0.383. The molecule has 1 aromatic carbocycles. The Morgan fingerprint density at radius 3 is 2.62 bits per heavy atom. The highest BCUT2D eigenvalue weighted by Gasteiger charge is 2.14. The Kier molecular flexibility index (Phi) is 5.42. The predicted octanol–water partition coefficient (Wildman–Crippen LogP) is 3.54. The smallest absolute Gasteiger partial charge is 0.256 e. The molecule has 0 spiro atoms. The van der Waals surface area contributed by atoms with Crippen LogP contribution in [0.15, 0.2) is 42.7 Å². The highest BCUT2D eigenvalue weighted by Crippen LogP contribution is 2.16. The van der Waals surface area contributed by atoms with Gasteiger partial charge in [0.05, 0.1) is 17.1 Å². The van der Waals surface area contributed by atoms with Crippen molar-refractivity contribution in [3.05, 3.63) is 58.3 Å². The summed E-state index contributed by atoms with van der Waals surface area (Å²) in [5.74, 6) is 0.521. The molecule has 110 valence electrons. The van der Waals surface area contributed by atoms with Gasteiger partial charge in [-0.05, 0) is 30.3 Å². The lowest BCUT2D eigenvalue weighted by Gasteiger charge is -2.18. The SMILES string of the molecule is CN(CCOc1ccc(Cl)cc1)C(=O)c1cnccc1Cl. The van der Waals surface area contributed by atoms with E-state index in [1.54, 1.807) is 48.5 Å². The summed E-state index contributed by atoms with van der Waals surface area (Å²) in [6.45, 7) is 0.814. The molecule has 0 aliphatic rings. The molecule has 0 aliphatic heterocycles. The van der Waals surface area contributed by atoms with Gasteiger partial charge in [-0.25, -0.2) is 0 Å². The van der Waals surface area contributed by atoms with Gasteiger partial charge in [0.15, 0.2) is 0 Å². The van der Waals surface area contributed by atoms with Gasteiger partial charge >= 0.3 is 0 Å². The van der Waals surface area contributed by atoms with E-state index in [9.17, 15) is 4.79 Å². The van der Waals surface area contributed by atoms with E-state index in [-0.39, 0.29) is 5.91 Å². The van der Waals surface area contributed by atoms with Crippen LogP contribution in [0.5, 0.6) is 5.75 Å². The fourth-order valence-corrected chi connectivity index (χ4v) is 1.99. The Hall–Kier alpha value is -1.78. The molecular formula is C15H14Cl2N2O2. The summed E-state index contributed by atoms with van der Waals surface area (Å²) in [7, 11) is 1.69. The zero-order valence-corrected chi connectivity index (χ0v) is 12.9. The van der Waals surface area contributed by atoms with Crippen molar-refractivity contribution in [2.45, 2.75) is 0 Å². The van der Waals surface area contributed by atoms with Crippen molar-refractivity contribution in [3.63, 3.8) is 0 Å². The number of carbonyl (C=O) groups excluding carboxylic acids is 1. The van der Waals surface area contributed by atoms with Crippen LogP contribution in [0, 0.1) is 0 Å². The quantitative estimate of drug-likeness (QED) is 0.844. The Labute approximate surface area is 133 Å². The van der Waals surface area contributed by atoms with Gasteiger partial charge < -0.3 is 9.64 Å². The molecule has 2 rings (SSSR count). The number of hydrogen-bond acceptors (Lipinski definition) is 3. The topological polar surface area (TPSA) is 42.4 Å². The number of benzene rings is 1. The molecule has 21 heavy (non-hydrogen) atoms. The zero-order chi connectivity index (χ0) is 15.2. The molecule has 1 heterocycles. The van der Waals surface area contributed by atoms with Crippen molar-refractivity contribution in [3.8, 4) is 5.75 Å². The third-order valence-corrected chi connectivity index (χ3v) is 3.44. The predicted molar refractivity (Wildman–Crippen MR) is 83.2 cm³/mol. The normalized spacial score (nSPS) is 10.2. The number of halogens is 2. The van der Waals surface area contributed by atoms with Crippen LogP contribution in [-0.2, 0) is 0 Å². The fraction of sp³-hybridized carbons (Fsp3) is 0.200. The number of amides is 1. The number of hydrogen-bond donors (Lipinski definition) is 0. The molecule has 0 saturated carbocycles. The summed E-state index contributed by atoms with van der Waals surface area (Å²) in [4.78, 5) is 17.6. The van der Waals surface area contributed by atoms with Crippen LogP contribution in [0.1, 0.15) is 10.4 Å². The third-order valence-electron chi connectivity index (χ3n) is 2.85. The zero-order valence-electron chi connectivity index (χ0n) is 11.4. The average molecular weight is 325 g/mol. The molecular weight excluding hydrogens is 311 g/mol. The van der Waals surface area contributed by atoms with E-state index >= 15 is 0 Å². The first-order valence-electron chi connectivity index (χ1n) is 6.31. The number of aromatic nitrogens is 1. The number of ether oxygens (including phenoxy) is 1. The Balaban J connectivity index is 1.87. The highest BCUT2D eigenvalue weighted by molar-refractivity contribution is 6.33. The minimum Gasteiger partial charge on any atom is -0.492 e. The second-order valence-electron chi connectivity index (χ2n) is 4.38. The molecule has 0 N–H and O–H groups in total. The van der Waals surface area contributed by atoms with E-state index < -0.39 is 0 Å². The van der Waals surface area contributed by atoms with Gasteiger partial charge in [0.25, 0.3) is 5.91 Å². The first-order valence-corrected chi connectivity index (χ1v) is 7.07. The lowest BCUT2D eigenvalue weighted by atomic mass is 10.2. The van der Waals surface area contributed by atoms with Crippen LogP contribution in [0.4, 0.5) is 0 Å². The van der Waals surface area contributed by atoms with E-state index in [0.717, 1.165) is 0 Å². The number of pyridine rings is 1. The van der Waals surface area contributed by atoms with Gasteiger partial charge in [-0.3, -0.25) is 9.78 Å². The molecule has 0 fully saturated rings. The molecule has 1 amide bonds. The van der Waals surface area contributed by atoms with Crippen molar-refractivity contribution in [2.75, 3.05) is 20.2 Å².